The molecule has 2 aliphatic heterocycles. The number of fused-ring (bicyclic) bond motifs is 3. The Morgan fingerprint density at radius 3 is 2.42 bits per heavy atom. The monoisotopic (exact) mass is 781 g/mol. The molecular weight excluding hydrogens is 721 g/mol. The molecule has 0 fully saturated rings. The van der Waals surface area contributed by atoms with E-state index in [-0.39, 0.29) is 51.2 Å². The van der Waals surface area contributed by atoms with E-state index in [1.54, 1.807) is 0 Å². The summed E-state index contributed by atoms with van der Waals surface area (Å²) in [5.41, 5.74) is 21.1. The second kappa shape index (κ2) is 17.4. The zero-order valence-corrected chi connectivity index (χ0v) is 33.6. The number of allylic oxidation sites excluding steroid dienone is 14. The Morgan fingerprint density at radius 1 is 0.979 bits per heavy atom. The van der Waals surface area contributed by atoms with Gasteiger partial charge >= 0.3 is 0 Å². The summed E-state index contributed by atoms with van der Waals surface area (Å²) in [5.74, 6) is 0. The topological polar surface area (TPSA) is 43.1 Å². The summed E-state index contributed by atoms with van der Waals surface area (Å²) in [4.78, 5) is 0. The molecule has 4 heteroatoms. The van der Waals surface area contributed by atoms with Crippen molar-refractivity contribution < 1.29 is 45.0 Å². The smallest absolute Gasteiger partial charge is 0.205 e. The minimum atomic E-state index is -0.105. The third-order valence-electron chi connectivity index (χ3n) is 10.3. The molecule has 0 aromatic heterocycles. The first-order valence-electron chi connectivity index (χ1n) is 17.9. The maximum atomic E-state index is 5.81. The van der Waals surface area contributed by atoms with Gasteiger partial charge in [-0.25, -0.2) is 0 Å². The zero-order valence-electron chi connectivity index (χ0n) is 31.0. The Balaban J connectivity index is 0.00000204. The molecule has 4 aliphatic rings. The van der Waals surface area contributed by atoms with Crippen LogP contribution in [-0.2, 0) is 11.8 Å². The molecule has 0 unspecified atom stereocenters. The molecule has 2 N–H and O–H groups in total. The summed E-state index contributed by atoms with van der Waals surface area (Å²) in [5, 5.41) is 5.13. The maximum Gasteiger partial charge on any atom is 0.205 e. The Morgan fingerprint density at radius 2 is 1.73 bits per heavy atom. The van der Waals surface area contributed by atoms with Crippen LogP contribution in [0.4, 0.5) is 5.69 Å². The summed E-state index contributed by atoms with van der Waals surface area (Å²) in [6.45, 7) is 26.7. The standard InChI is InChI=1S/C42H53N3.C2H6.Sm/c1-9-16-35-37(10-2)45(28-15-11-12-17-29(3)43)39(41(35,5)6)27-24-32-21-20-31(30(32)4)23-26-38-42(7,8)40-34-19-14-13-18-33(34)22-25-36(40)44-38;1-2;/h9-10,14,16,19,22-27H,1,3,11-13,15,17-18,20-21,28,43H2,2,4-8H3;1-2H3;/b35-16+,37-10+;;. The first-order chi connectivity index (χ1) is 22.5. The number of unbranched alkanes of at least 4 members (excludes halogenated alkanes) is 2. The van der Waals surface area contributed by atoms with E-state index in [4.69, 9.17) is 11.1 Å². The van der Waals surface area contributed by atoms with Crippen molar-refractivity contribution in [3.8, 4) is 0 Å². The van der Waals surface area contributed by atoms with E-state index in [0.29, 0.717) is 0 Å². The number of hydrogen-bond acceptors (Lipinski definition) is 1. The number of hydrogen-bond donors (Lipinski definition) is 1. The van der Waals surface area contributed by atoms with Gasteiger partial charge in [0.25, 0.3) is 0 Å². The fraction of sp³-hybridized carbons (Fsp3) is 0.432. The van der Waals surface area contributed by atoms with E-state index in [1.165, 1.54) is 50.4 Å². The van der Waals surface area contributed by atoms with Crippen LogP contribution >= 0.6 is 0 Å². The van der Waals surface area contributed by atoms with Crippen molar-refractivity contribution >= 4 is 17.5 Å². The summed E-state index contributed by atoms with van der Waals surface area (Å²) >= 11 is 0. The third-order valence-corrected chi connectivity index (χ3v) is 10.3. The van der Waals surface area contributed by atoms with Gasteiger partial charge in [-0.05, 0) is 118 Å². The first kappa shape index (κ1) is 39.9. The molecule has 0 saturated carbocycles. The van der Waals surface area contributed by atoms with Crippen molar-refractivity contribution in [1.82, 2.24) is 0 Å². The first-order valence-corrected chi connectivity index (χ1v) is 17.9. The fourth-order valence-electron chi connectivity index (χ4n) is 7.65. The predicted molar refractivity (Wildman–Crippen MR) is 206 cm³/mol. The molecule has 5 rings (SSSR count). The molecule has 0 radical (unpaired) electrons. The second-order valence-corrected chi connectivity index (χ2v) is 14.1. The van der Waals surface area contributed by atoms with Crippen LogP contribution in [0.2, 0.25) is 0 Å². The van der Waals surface area contributed by atoms with Gasteiger partial charge < -0.3 is 11.1 Å². The van der Waals surface area contributed by atoms with Crippen molar-refractivity contribution in [2.24, 2.45) is 11.1 Å². The summed E-state index contributed by atoms with van der Waals surface area (Å²) in [7, 11) is 0. The van der Waals surface area contributed by atoms with Gasteiger partial charge in [-0.3, -0.25) is 0 Å². The van der Waals surface area contributed by atoms with E-state index < -0.39 is 0 Å². The molecule has 48 heavy (non-hydrogen) atoms. The molecular formula is C44H59N3Sm. The SMILES string of the molecule is C=C/C=C1\C(=C/C)[N+](CCCCCC(=C)N)=C(/C=C/C2=C(C)C(=C/C=C3/[N-]c4ccc5c(c4C3(C)C)C=CCC5)/CC2)C1(C)C.CC.[Sm]. The number of nitrogens with zero attached hydrogens (tertiary/aromatic N) is 2. The molecule has 256 valence electrons. The normalized spacial score (nSPS) is 22.2. The molecule has 0 atom stereocenters. The van der Waals surface area contributed by atoms with Crippen molar-refractivity contribution in [3.05, 3.63) is 135 Å². The van der Waals surface area contributed by atoms with Gasteiger partial charge in [0, 0.05) is 64.2 Å². The molecule has 0 bridgehead atoms. The second-order valence-electron chi connectivity index (χ2n) is 14.1. The van der Waals surface area contributed by atoms with E-state index in [9.17, 15) is 0 Å². The summed E-state index contributed by atoms with van der Waals surface area (Å²) < 4.78 is 2.53. The van der Waals surface area contributed by atoms with E-state index >= 15 is 0 Å². The van der Waals surface area contributed by atoms with Gasteiger partial charge in [-0.2, -0.15) is 4.58 Å². The maximum absolute atomic E-state index is 5.81. The minimum absolute atomic E-state index is 0. The summed E-state index contributed by atoms with van der Waals surface area (Å²) in [6, 6.07) is 4.50. The average Bonchev–Trinajstić information content (AvgIpc) is 3.60. The number of aryl methyl sites for hydroxylation is 1. The minimum Gasteiger partial charge on any atom is -0.660 e. The molecule has 3 nitrogen and oxygen atoms in total. The molecule has 0 saturated heterocycles. The van der Waals surface area contributed by atoms with E-state index in [0.717, 1.165) is 75.0 Å². The largest absolute Gasteiger partial charge is 0.660 e. The Labute approximate surface area is 325 Å². The molecule has 2 heterocycles. The van der Waals surface area contributed by atoms with Crippen LogP contribution in [0.15, 0.2) is 113 Å². The Bertz CT molecular complexity index is 1650. The van der Waals surface area contributed by atoms with Crippen LogP contribution in [0.5, 0.6) is 0 Å². The Hall–Kier alpha value is -2.51. The molecule has 0 spiro atoms. The van der Waals surface area contributed by atoms with Gasteiger partial charge in [0.2, 0.25) is 5.70 Å². The number of nitrogens with two attached hydrogens (primary N) is 1. The van der Waals surface area contributed by atoms with Crippen molar-refractivity contribution in [2.75, 3.05) is 6.54 Å². The zero-order chi connectivity index (χ0) is 34.4. The van der Waals surface area contributed by atoms with Crippen LogP contribution in [0.1, 0.15) is 117 Å². The van der Waals surface area contributed by atoms with Crippen LogP contribution in [0, 0.1) is 45.8 Å². The summed E-state index contributed by atoms with van der Waals surface area (Å²) in [6.07, 6.45) is 29.0. The molecule has 1 aromatic carbocycles. The van der Waals surface area contributed by atoms with Gasteiger partial charge in [0.15, 0.2) is 5.71 Å². The van der Waals surface area contributed by atoms with Crippen molar-refractivity contribution in [3.63, 3.8) is 0 Å². The number of rotatable bonds is 10. The van der Waals surface area contributed by atoms with Gasteiger partial charge in [-0.1, -0.05) is 95.5 Å². The number of benzene rings is 1. The van der Waals surface area contributed by atoms with Gasteiger partial charge in [-0.15, -0.1) is 11.4 Å². The van der Waals surface area contributed by atoms with Crippen molar-refractivity contribution in [1.29, 1.82) is 0 Å². The average molecular weight is 780 g/mol. The van der Waals surface area contributed by atoms with E-state index in [1.807, 2.05) is 19.9 Å². The quantitative estimate of drug-likeness (QED) is 0.187. The molecule has 1 aromatic rings. The van der Waals surface area contributed by atoms with E-state index in [2.05, 4.69) is 120 Å². The molecule has 2 aliphatic carbocycles. The van der Waals surface area contributed by atoms with Crippen LogP contribution < -0.4 is 5.73 Å². The Kier molecular flexibility index (Phi) is 14.5. The van der Waals surface area contributed by atoms with Crippen LogP contribution in [0.25, 0.3) is 11.4 Å². The van der Waals surface area contributed by atoms with Crippen molar-refractivity contribution in [2.45, 2.75) is 112 Å². The molecule has 0 amide bonds. The fourth-order valence-corrected chi connectivity index (χ4v) is 7.65. The van der Waals surface area contributed by atoms with Crippen LogP contribution in [-0.4, -0.2) is 16.8 Å². The van der Waals surface area contributed by atoms with Gasteiger partial charge in [0.05, 0.1) is 5.41 Å². The van der Waals surface area contributed by atoms with Crippen LogP contribution in [0.3, 0.4) is 0 Å². The third kappa shape index (κ3) is 8.26. The predicted octanol–water partition coefficient (Wildman–Crippen LogP) is 12.0. The van der Waals surface area contributed by atoms with Gasteiger partial charge in [0.1, 0.15) is 6.54 Å².